The Morgan fingerprint density at radius 2 is 2.05 bits per heavy atom. The maximum absolute atomic E-state index is 11.1. The van der Waals surface area contributed by atoms with E-state index in [0.717, 1.165) is 5.69 Å². The summed E-state index contributed by atoms with van der Waals surface area (Å²) in [5.41, 5.74) is 2.32. The summed E-state index contributed by atoms with van der Waals surface area (Å²) < 4.78 is 4.29. The van der Waals surface area contributed by atoms with Crippen molar-refractivity contribution in [2.24, 2.45) is 7.05 Å². The molecule has 2 N–H and O–H groups in total. The van der Waals surface area contributed by atoms with E-state index in [9.17, 15) is 9.59 Å². The molecule has 0 radical (unpaired) electrons. The lowest BCUT2D eigenvalue weighted by atomic mass is 10.2. The summed E-state index contributed by atoms with van der Waals surface area (Å²) in [7, 11) is 1.81. The van der Waals surface area contributed by atoms with Gasteiger partial charge in [0, 0.05) is 13.5 Å². The topological polar surface area (TPSA) is 96.8 Å². The molecule has 2 aromatic heterocycles. The molecule has 0 spiro atoms. The molecule has 0 amide bonds. The number of benzene rings is 1. The Bertz CT molecular complexity index is 925. The predicted molar refractivity (Wildman–Crippen MR) is 82.3 cm³/mol. The first-order valence-electron chi connectivity index (χ1n) is 6.50. The van der Waals surface area contributed by atoms with Gasteiger partial charge < -0.3 is 14.8 Å². The SMILES string of the molecule is Cn1c(CCC(=O)O)c(Br)n2c3cc(C(=O)O)ccc3nc12. The van der Waals surface area contributed by atoms with Gasteiger partial charge in [-0.15, -0.1) is 0 Å². The molecular formula is C14H12BrN3O4. The molecule has 22 heavy (non-hydrogen) atoms. The number of nitrogens with zero attached hydrogens (tertiary/aromatic N) is 3. The number of aryl methyl sites for hydroxylation is 1. The van der Waals surface area contributed by atoms with Gasteiger partial charge in [0.1, 0.15) is 4.60 Å². The second-order valence-corrected chi connectivity index (χ2v) is 5.70. The van der Waals surface area contributed by atoms with E-state index in [1.165, 1.54) is 6.07 Å². The maximum atomic E-state index is 11.1. The molecular weight excluding hydrogens is 354 g/mol. The molecule has 0 bridgehead atoms. The highest BCUT2D eigenvalue weighted by Gasteiger charge is 2.19. The highest BCUT2D eigenvalue weighted by atomic mass is 79.9. The second-order valence-electron chi connectivity index (χ2n) is 4.95. The lowest BCUT2D eigenvalue weighted by Gasteiger charge is -2.01. The molecule has 1 aromatic carbocycles. The van der Waals surface area contributed by atoms with Crippen molar-refractivity contribution in [2.45, 2.75) is 12.8 Å². The number of carbonyl (C=O) groups is 2. The van der Waals surface area contributed by atoms with Crippen LogP contribution in [0.4, 0.5) is 0 Å². The third-order valence-electron chi connectivity index (χ3n) is 3.60. The second kappa shape index (κ2) is 5.13. The van der Waals surface area contributed by atoms with Gasteiger partial charge >= 0.3 is 11.9 Å². The van der Waals surface area contributed by atoms with Crippen LogP contribution in [-0.2, 0) is 18.3 Å². The van der Waals surface area contributed by atoms with Crippen LogP contribution in [0.1, 0.15) is 22.5 Å². The van der Waals surface area contributed by atoms with Crippen LogP contribution in [0.2, 0.25) is 0 Å². The van der Waals surface area contributed by atoms with Crippen LogP contribution in [-0.4, -0.2) is 36.1 Å². The first-order valence-corrected chi connectivity index (χ1v) is 7.30. The Morgan fingerprint density at radius 1 is 1.32 bits per heavy atom. The first-order chi connectivity index (χ1) is 10.4. The molecule has 0 unspecified atom stereocenters. The fraction of sp³-hybridized carbons (Fsp3) is 0.214. The Labute approximate surface area is 132 Å². The van der Waals surface area contributed by atoms with E-state index in [1.807, 2.05) is 4.57 Å². The van der Waals surface area contributed by atoms with Crippen LogP contribution in [0.15, 0.2) is 22.8 Å². The van der Waals surface area contributed by atoms with E-state index in [2.05, 4.69) is 20.9 Å². The maximum Gasteiger partial charge on any atom is 0.335 e. The molecule has 0 fully saturated rings. The fourth-order valence-electron chi connectivity index (χ4n) is 2.50. The number of rotatable bonds is 4. The van der Waals surface area contributed by atoms with Crippen LogP contribution in [0.5, 0.6) is 0 Å². The number of aromatic nitrogens is 3. The third kappa shape index (κ3) is 2.16. The predicted octanol–water partition coefficient (Wildman–Crippen LogP) is 2.30. The molecule has 0 saturated carbocycles. The molecule has 0 aliphatic rings. The Kier molecular flexibility index (Phi) is 3.40. The Morgan fingerprint density at radius 3 is 2.68 bits per heavy atom. The molecule has 0 saturated heterocycles. The van der Waals surface area contributed by atoms with Crippen molar-refractivity contribution in [2.75, 3.05) is 0 Å². The number of carboxylic acids is 2. The summed E-state index contributed by atoms with van der Waals surface area (Å²) in [6.45, 7) is 0. The normalized spacial score (nSPS) is 11.4. The average molecular weight is 366 g/mol. The highest BCUT2D eigenvalue weighted by Crippen LogP contribution is 2.28. The van der Waals surface area contributed by atoms with Crippen molar-refractivity contribution in [1.29, 1.82) is 0 Å². The van der Waals surface area contributed by atoms with Crippen LogP contribution >= 0.6 is 15.9 Å². The first kappa shape index (κ1) is 14.6. The molecule has 0 atom stereocenters. The van der Waals surface area contributed by atoms with Gasteiger partial charge in [-0.2, -0.15) is 0 Å². The minimum atomic E-state index is -1.00. The van der Waals surface area contributed by atoms with Gasteiger partial charge in [-0.3, -0.25) is 9.20 Å². The number of halogens is 1. The zero-order chi connectivity index (χ0) is 16.0. The zero-order valence-corrected chi connectivity index (χ0v) is 13.2. The fourth-order valence-corrected chi connectivity index (χ4v) is 3.31. The third-order valence-corrected chi connectivity index (χ3v) is 4.41. The van der Waals surface area contributed by atoms with Gasteiger partial charge in [0.2, 0.25) is 5.78 Å². The number of aliphatic carboxylic acids is 1. The number of imidazole rings is 2. The molecule has 2 heterocycles. The number of hydrogen-bond donors (Lipinski definition) is 2. The monoisotopic (exact) mass is 365 g/mol. The van der Waals surface area contributed by atoms with Gasteiger partial charge in [-0.25, -0.2) is 9.78 Å². The van der Waals surface area contributed by atoms with Crippen molar-refractivity contribution < 1.29 is 19.8 Å². The van der Waals surface area contributed by atoms with Crippen molar-refractivity contribution >= 4 is 44.7 Å². The van der Waals surface area contributed by atoms with Crippen molar-refractivity contribution in [3.05, 3.63) is 34.1 Å². The number of hydrogen-bond acceptors (Lipinski definition) is 3. The molecule has 8 heteroatoms. The summed E-state index contributed by atoms with van der Waals surface area (Å²) in [6.07, 6.45) is 0.369. The summed E-state index contributed by atoms with van der Waals surface area (Å²) in [5, 5.41) is 18.0. The van der Waals surface area contributed by atoms with Crippen LogP contribution in [0.25, 0.3) is 16.8 Å². The van der Waals surface area contributed by atoms with Crippen molar-refractivity contribution in [3.63, 3.8) is 0 Å². The summed E-state index contributed by atoms with van der Waals surface area (Å²) in [5.74, 6) is -1.25. The molecule has 114 valence electrons. The van der Waals surface area contributed by atoms with E-state index in [4.69, 9.17) is 10.2 Å². The van der Waals surface area contributed by atoms with Crippen LogP contribution in [0, 0.1) is 0 Å². The molecule has 7 nitrogen and oxygen atoms in total. The van der Waals surface area contributed by atoms with Crippen molar-refractivity contribution in [1.82, 2.24) is 14.0 Å². The number of aromatic carboxylic acids is 1. The minimum Gasteiger partial charge on any atom is -0.481 e. The minimum absolute atomic E-state index is 0.0118. The van der Waals surface area contributed by atoms with Crippen LogP contribution in [0.3, 0.4) is 0 Å². The average Bonchev–Trinajstić information content (AvgIpc) is 2.94. The number of fused-ring (bicyclic) bond motifs is 3. The van der Waals surface area contributed by atoms with E-state index in [-0.39, 0.29) is 12.0 Å². The van der Waals surface area contributed by atoms with Crippen molar-refractivity contribution in [3.8, 4) is 0 Å². The van der Waals surface area contributed by atoms with Gasteiger partial charge in [0.05, 0.1) is 28.7 Å². The van der Waals surface area contributed by atoms with E-state index in [1.54, 1.807) is 23.6 Å². The number of carboxylic acid groups (broad SMARTS) is 2. The molecule has 3 rings (SSSR count). The Hall–Kier alpha value is -2.35. The van der Waals surface area contributed by atoms with E-state index in [0.29, 0.717) is 27.8 Å². The van der Waals surface area contributed by atoms with Gasteiger partial charge in [-0.1, -0.05) is 0 Å². The summed E-state index contributed by atoms with van der Waals surface area (Å²) in [6, 6.07) is 4.73. The van der Waals surface area contributed by atoms with E-state index >= 15 is 0 Å². The molecule has 0 aliphatic heterocycles. The van der Waals surface area contributed by atoms with Gasteiger partial charge in [-0.05, 0) is 34.1 Å². The zero-order valence-electron chi connectivity index (χ0n) is 11.6. The molecule has 0 aliphatic carbocycles. The van der Waals surface area contributed by atoms with Crippen LogP contribution < -0.4 is 0 Å². The van der Waals surface area contributed by atoms with E-state index < -0.39 is 11.9 Å². The van der Waals surface area contributed by atoms with Gasteiger partial charge in [0.15, 0.2) is 0 Å². The lowest BCUT2D eigenvalue weighted by molar-refractivity contribution is -0.137. The highest BCUT2D eigenvalue weighted by molar-refractivity contribution is 9.10. The quantitative estimate of drug-likeness (QED) is 0.739. The largest absolute Gasteiger partial charge is 0.481 e. The summed E-state index contributed by atoms with van der Waals surface area (Å²) in [4.78, 5) is 26.4. The summed E-state index contributed by atoms with van der Waals surface area (Å²) >= 11 is 3.48. The standard InChI is InChI=1S/C14H12BrN3O4/c1-17-9(4-5-11(19)20)12(15)18-10-6-7(13(21)22)2-3-8(10)16-14(17)18/h2-3,6H,4-5H2,1H3,(H,19,20)(H,21,22). The smallest absolute Gasteiger partial charge is 0.335 e. The van der Waals surface area contributed by atoms with Gasteiger partial charge in [0.25, 0.3) is 0 Å². The Balaban J connectivity index is 2.24. The molecule has 3 aromatic rings. The lowest BCUT2D eigenvalue weighted by Crippen LogP contribution is -2.02.